The van der Waals surface area contributed by atoms with E-state index >= 15 is 0 Å². The summed E-state index contributed by atoms with van der Waals surface area (Å²) in [5.41, 5.74) is 3.37. The fourth-order valence-corrected chi connectivity index (χ4v) is 1.23. The van der Waals surface area contributed by atoms with Gasteiger partial charge in [-0.1, -0.05) is 6.58 Å². The second-order valence-corrected chi connectivity index (χ2v) is 2.63. The van der Waals surface area contributed by atoms with Crippen LogP contribution in [0.25, 0.3) is 5.57 Å². The molecule has 0 aliphatic carbocycles. The van der Waals surface area contributed by atoms with Crippen molar-refractivity contribution in [2.75, 3.05) is 6.61 Å². The Morgan fingerprint density at radius 2 is 2.36 bits per heavy atom. The van der Waals surface area contributed by atoms with Crippen LogP contribution in [0.15, 0.2) is 25.0 Å². The van der Waals surface area contributed by atoms with Crippen LogP contribution in [0.2, 0.25) is 0 Å². The van der Waals surface area contributed by atoms with Gasteiger partial charge in [-0.15, -0.1) is 0 Å². The highest BCUT2D eigenvalue weighted by molar-refractivity contribution is 5.67. The Bertz CT molecular complexity index is 293. The summed E-state index contributed by atoms with van der Waals surface area (Å²) in [5, 5.41) is 0. The van der Waals surface area contributed by atoms with Crippen LogP contribution in [0.4, 0.5) is 0 Å². The van der Waals surface area contributed by atoms with E-state index < -0.39 is 0 Å². The summed E-state index contributed by atoms with van der Waals surface area (Å²) in [6, 6.07) is 1.97. The molecule has 0 bridgehead atoms. The summed E-state index contributed by atoms with van der Waals surface area (Å²) < 4.78 is 5.28. The molecule has 0 aromatic carbocycles. The van der Waals surface area contributed by atoms with Gasteiger partial charge in [-0.05, 0) is 17.2 Å². The van der Waals surface area contributed by atoms with E-state index in [4.69, 9.17) is 4.74 Å². The predicted molar refractivity (Wildman–Crippen MR) is 42.9 cm³/mol. The zero-order chi connectivity index (χ0) is 7.68. The van der Waals surface area contributed by atoms with Crippen LogP contribution < -0.4 is 0 Å². The molecule has 0 amide bonds. The molecule has 56 valence electrons. The van der Waals surface area contributed by atoms with Crippen LogP contribution in [-0.4, -0.2) is 11.6 Å². The minimum Gasteiger partial charge on any atom is -0.372 e. The minimum absolute atomic E-state index is 0.638. The van der Waals surface area contributed by atoms with E-state index in [9.17, 15) is 0 Å². The fraction of sp³-hybridized carbons (Fsp3) is 0.222. The van der Waals surface area contributed by atoms with Crippen molar-refractivity contribution in [1.82, 2.24) is 4.98 Å². The van der Waals surface area contributed by atoms with Crippen molar-refractivity contribution in [2.45, 2.75) is 6.61 Å². The number of pyridine rings is 1. The third kappa shape index (κ3) is 1.05. The summed E-state index contributed by atoms with van der Waals surface area (Å²) in [6.07, 6.45) is 3.63. The number of hydrogen-bond donors (Lipinski definition) is 0. The quantitative estimate of drug-likeness (QED) is 0.556. The lowest BCUT2D eigenvalue weighted by Crippen LogP contribution is -2.08. The first-order valence-electron chi connectivity index (χ1n) is 3.57. The maximum absolute atomic E-state index is 5.28. The molecule has 1 aromatic rings. The average Bonchev–Trinajstić information content (AvgIpc) is 2.06. The monoisotopic (exact) mass is 147 g/mol. The van der Waals surface area contributed by atoms with E-state index in [-0.39, 0.29) is 0 Å². The molecule has 2 rings (SSSR count). The minimum atomic E-state index is 0.638. The smallest absolute Gasteiger partial charge is 0.0728 e. The molecular weight excluding hydrogens is 138 g/mol. The zero-order valence-corrected chi connectivity index (χ0v) is 6.21. The standard InChI is InChI=1S/C9H9NO/c1-7-5-11-6-8-2-3-10-4-9(7)8/h2-4H,1,5-6H2. The van der Waals surface area contributed by atoms with E-state index in [0.717, 1.165) is 11.1 Å². The fourth-order valence-electron chi connectivity index (χ4n) is 1.23. The topological polar surface area (TPSA) is 22.1 Å². The van der Waals surface area contributed by atoms with Gasteiger partial charge >= 0.3 is 0 Å². The molecule has 0 N–H and O–H groups in total. The van der Waals surface area contributed by atoms with Gasteiger partial charge in [0.05, 0.1) is 13.2 Å². The molecule has 1 aliphatic heterocycles. The van der Waals surface area contributed by atoms with Gasteiger partial charge in [0.1, 0.15) is 0 Å². The molecule has 0 unspecified atom stereocenters. The van der Waals surface area contributed by atoms with E-state index in [0.29, 0.717) is 13.2 Å². The van der Waals surface area contributed by atoms with Crippen LogP contribution in [0.3, 0.4) is 0 Å². The molecule has 0 saturated carbocycles. The van der Waals surface area contributed by atoms with E-state index in [1.54, 1.807) is 6.20 Å². The Labute approximate surface area is 65.5 Å². The van der Waals surface area contributed by atoms with Gasteiger partial charge in [0.25, 0.3) is 0 Å². The summed E-state index contributed by atoms with van der Waals surface area (Å²) in [6.45, 7) is 5.22. The van der Waals surface area contributed by atoms with Crippen LogP contribution in [-0.2, 0) is 11.3 Å². The zero-order valence-electron chi connectivity index (χ0n) is 6.21. The van der Waals surface area contributed by atoms with Crippen LogP contribution in [0.1, 0.15) is 11.1 Å². The van der Waals surface area contributed by atoms with Crippen LogP contribution >= 0.6 is 0 Å². The third-order valence-electron chi connectivity index (χ3n) is 1.83. The first kappa shape index (κ1) is 6.55. The molecule has 0 spiro atoms. The summed E-state index contributed by atoms with van der Waals surface area (Å²) >= 11 is 0. The highest BCUT2D eigenvalue weighted by Gasteiger charge is 2.11. The van der Waals surface area contributed by atoms with Crippen molar-refractivity contribution in [3.63, 3.8) is 0 Å². The first-order valence-corrected chi connectivity index (χ1v) is 3.57. The molecule has 1 aliphatic rings. The number of rotatable bonds is 0. The van der Waals surface area contributed by atoms with Crippen molar-refractivity contribution < 1.29 is 4.74 Å². The molecule has 2 nitrogen and oxygen atoms in total. The molecule has 2 heterocycles. The summed E-state index contributed by atoms with van der Waals surface area (Å²) in [5.74, 6) is 0. The Balaban J connectivity index is 2.52. The highest BCUT2D eigenvalue weighted by Crippen LogP contribution is 2.22. The predicted octanol–water partition coefficient (Wildman–Crippen LogP) is 1.62. The Hall–Kier alpha value is -1.15. The number of hydrogen-bond acceptors (Lipinski definition) is 2. The Morgan fingerprint density at radius 3 is 3.18 bits per heavy atom. The maximum Gasteiger partial charge on any atom is 0.0728 e. The van der Waals surface area contributed by atoms with Crippen LogP contribution in [0, 0.1) is 0 Å². The van der Waals surface area contributed by atoms with Gasteiger partial charge in [0.15, 0.2) is 0 Å². The second-order valence-electron chi connectivity index (χ2n) is 2.63. The molecule has 0 saturated heterocycles. The maximum atomic E-state index is 5.28. The van der Waals surface area contributed by atoms with Crippen molar-refractivity contribution in [3.8, 4) is 0 Å². The van der Waals surface area contributed by atoms with E-state index in [1.807, 2.05) is 12.3 Å². The lowest BCUT2D eigenvalue weighted by molar-refractivity contribution is 0.146. The van der Waals surface area contributed by atoms with Crippen molar-refractivity contribution >= 4 is 5.57 Å². The van der Waals surface area contributed by atoms with Gasteiger partial charge in [-0.3, -0.25) is 4.98 Å². The first-order chi connectivity index (χ1) is 5.38. The SMILES string of the molecule is C=C1COCc2ccncc21. The molecule has 1 aromatic heterocycles. The normalized spacial score (nSPS) is 16.2. The molecule has 0 atom stereocenters. The van der Waals surface area contributed by atoms with Crippen LogP contribution in [0.5, 0.6) is 0 Å². The summed E-state index contributed by atoms with van der Waals surface area (Å²) in [4.78, 5) is 4.03. The van der Waals surface area contributed by atoms with E-state index in [2.05, 4.69) is 11.6 Å². The van der Waals surface area contributed by atoms with Crippen molar-refractivity contribution in [3.05, 3.63) is 36.2 Å². The van der Waals surface area contributed by atoms with E-state index in [1.165, 1.54) is 5.56 Å². The van der Waals surface area contributed by atoms with Gasteiger partial charge in [-0.25, -0.2) is 0 Å². The molecule has 11 heavy (non-hydrogen) atoms. The van der Waals surface area contributed by atoms with Crippen molar-refractivity contribution in [2.24, 2.45) is 0 Å². The highest BCUT2D eigenvalue weighted by atomic mass is 16.5. The molecule has 2 heteroatoms. The second kappa shape index (κ2) is 2.47. The Kier molecular flexibility index (Phi) is 1.47. The number of nitrogens with zero attached hydrogens (tertiary/aromatic N) is 1. The average molecular weight is 147 g/mol. The lowest BCUT2D eigenvalue weighted by Gasteiger charge is -2.17. The number of aromatic nitrogens is 1. The number of ether oxygens (including phenoxy) is 1. The van der Waals surface area contributed by atoms with Gasteiger partial charge in [0.2, 0.25) is 0 Å². The molecule has 0 radical (unpaired) electrons. The van der Waals surface area contributed by atoms with Gasteiger partial charge in [-0.2, -0.15) is 0 Å². The third-order valence-corrected chi connectivity index (χ3v) is 1.83. The lowest BCUT2D eigenvalue weighted by atomic mass is 10.0. The largest absolute Gasteiger partial charge is 0.372 e. The molecule has 0 fully saturated rings. The van der Waals surface area contributed by atoms with Gasteiger partial charge in [0, 0.05) is 18.0 Å². The van der Waals surface area contributed by atoms with Crippen molar-refractivity contribution in [1.29, 1.82) is 0 Å². The molecular formula is C9H9NO. The number of fused-ring (bicyclic) bond motifs is 1. The van der Waals surface area contributed by atoms with Gasteiger partial charge < -0.3 is 4.74 Å². The Morgan fingerprint density at radius 1 is 1.45 bits per heavy atom. The summed E-state index contributed by atoms with van der Waals surface area (Å²) in [7, 11) is 0.